The van der Waals surface area contributed by atoms with Crippen LogP contribution in [-0.4, -0.2) is 30.1 Å². The highest BCUT2D eigenvalue weighted by Crippen LogP contribution is 2.39. The number of amides is 1. The highest BCUT2D eigenvalue weighted by atomic mass is 19.1. The van der Waals surface area contributed by atoms with Crippen molar-refractivity contribution in [2.24, 2.45) is 11.8 Å². The number of rotatable bonds is 4. The molecule has 6 nitrogen and oxygen atoms in total. The molecule has 0 unspecified atom stereocenters. The Labute approximate surface area is 117 Å². The third-order valence-corrected chi connectivity index (χ3v) is 3.16. The minimum Gasteiger partial charge on any atom is -0.481 e. The first-order valence-corrected chi connectivity index (χ1v) is 5.96. The number of esters is 1. The summed E-state index contributed by atoms with van der Waals surface area (Å²) in [6.45, 7) is 0. The molecule has 0 bridgehead atoms. The second kappa shape index (κ2) is 5.47. The molecular formula is C13H11F2NO5. The van der Waals surface area contributed by atoms with E-state index in [0.29, 0.717) is 6.07 Å². The van der Waals surface area contributed by atoms with Gasteiger partial charge in [-0.3, -0.25) is 9.59 Å². The van der Waals surface area contributed by atoms with E-state index in [0.717, 1.165) is 13.2 Å². The first-order valence-electron chi connectivity index (χ1n) is 5.96. The predicted molar refractivity (Wildman–Crippen MR) is 65.6 cm³/mol. The molecule has 112 valence electrons. The second-order valence-corrected chi connectivity index (χ2v) is 4.58. The van der Waals surface area contributed by atoms with E-state index in [-0.39, 0.29) is 6.42 Å². The minimum atomic E-state index is -1.12. The lowest BCUT2D eigenvalue weighted by Crippen LogP contribution is -2.18. The quantitative estimate of drug-likeness (QED) is 0.820. The topological polar surface area (TPSA) is 92.7 Å². The monoisotopic (exact) mass is 299 g/mol. The van der Waals surface area contributed by atoms with Crippen LogP contribution in [0.15, 0.2) is 12.1 Å². The van der Waals surface area contributed by atoms with Crippen LogP contribution >= 0.6 is 0 Å². The Balaban J connectivity index is 2.19. The molecule has 2 atom stereocenters. The van der Waals surface area contributed by atoms with E-state index in [4.69, 9.17) is 5.11 Å². The molecule has 8 heteroatoms. The first-order chi connectivity index (χ1) is 9.85. The summed E-state index contributed by atoms with van der Waals surface area (Å²) in [7, 11) is 1.03. The number of carbonyl (C=O) groups is 3. The maximum Gasteiger partial charge on any atom is 0.340 e. The molecular weight excluding hydrogens is 288 g/mol. The molecule has 0 radical (unpaired) electrons. The Bertz CT molecular complexity index is 631. The van der Waals surface area contributed by atoms with Gasteiger partial charge in [0.2, 0.25) is 5.91 Å². The van der Waals surface area contributed by atoms with Crippen molar-refractivity contribution in [3.63, 3.8) is 0 Å². The van der Waals surface area contributed by atoms with Crippen LogP contribution < -0.4 is 5.32 Å². The molecule has 1 saturated carbocycles. The molecule has 1 aromatic rings. The van der Waals surface area contributed by atoms with Crippen molar-refractivity contribution in [1.82, 2.24) is 0 Å². The highest BCUT2D eigenvalue weighted by molar-refractivity contribution is 5.99. The van der Waals surface area contributed by atoms with Crippen molar-refractivity contribution in [3.05, 3.63) is 29.3 Å². The van der Waals surface area contributed by atoms with Crippen LogP contribution in [0.1, 0.15) is 16.8 Å². The number of carbonyl (C=O) groups excluding carboxylic acids is 2. The molecule has 0 spiro atoms. The standard InChI is InChI=1S/C13H11F2NO5/c1-21-13(20)7-3-10(9(15)4-8(7)14)16-11(17)5-2-6(5)12(18)19/h3-6H,2H2,1H3,(H,16,17)(H,18,19)/t5-,6+/m1/s1. The number of anilines is 1. The van der Waals surface area contributed by atoms with Gasteiger partial charge in [-0.2, -0.15) is 0 Å². The molecule has 0 saturated heterocycles. The fourth-order valence-corrected chi connectivity index (χ4v) is 1.89. The normalized spacial score (nSPS) is 19.8. The van der Waals surface area contributed by atoms with Gasteiger partial charge in [-0.25, -0.2) is 13.6 Å². The Hall–Kier alpha value is -2.51. The number of benzene rings is 1. The van der Waals surface area contributed by atoms with E-state index in [9.17, 15) is 23.2 Å². The summed E-state index contributed by atoms with van der Waals surface area (Å²) in [6, 6.07) is 1.26. The van der Waals surface area contributed by atoms with Gasteiger partial charge in [0.25, 0.3) is 0 Å². The molecule has 21 heavy (non-hydrogen) atoms. The average Bonchev–Trinajstić information content (AvgIpc) is 3.21. The van der Waals surface area contributed by atoms with Gasteiger partial charge < -0.3 is 15.2 Å². The number of hydrogen-bond acceptors (Lipinski definition) is 4. The Kier molecular flexibility index (Phi) is 3.88. The van der Waals surface area contributed by atoms with Crippen molar-refractivity contribution in [3.8, 4) is 0 Å². The lowest BCUT2D eigenvalue weighted by atomic mass is 10.1. The molecule has 1 aliphatic carbocycles. The maximum atomic E-state index is 13.6. The molecule has 1 fully saturated rings. The zero-order chi connectivity index (χ0) is 15.7. The maximum absolute atomic E-state index is 13.6. The number of methoxy groups -OCH3 is 1. The lowest BCUT2D eigenvalue weighted by molar-refractivity contribution is -0.139. The van der Waals surface area contributed by atoms with Crippen LogP contribution in [0, 0.1) is 23.5 Å². The highest BCUT2D eigenvalue weighted by Gasteiger charge is 2.48. The van der Waals surface area contributed by atoms with E-state index < -0.39 is 52.6 Å². The van der Waals surface area contributed by atoms with Crippen molar-refractivity contribution >= 4 is 23.5 Å². The average molecular weight is 299 g/mol. The predicted octanol–water partition coefficient (Wildman–Crippen LogP) is 1.41. The van der Waals surface area contributed by atoms with Gasteiger partial charge in [-0.15, -0.1) is 0 Å². The van der Waals surface area contributed by atoms with Gasteiger partial charge in [0, 0.05) is 6.07 Å². The van der Waals surface area contributed by atoms with Crippen LogP contribution in [0.2, 0.25) is 0 Å². The van der Waals surface area contributed by atoms with Crippen LogP contribution in [0.4, 0.5) is 14.5 Å². The first kappa shape index (κ1) is 14.9. The Morgan fingerprint density at radius 3 is 2.43 bits per heavy atom. The van der Waals surface area contributed by atoms with Gasteiger partial charge in [0.1, 0.15) is 11.6 Å². The van der Waals surface area contributed by atoms with E-state index in [1.165, 1.54) is 0 Å². The summed E-state index contributed by atoms with van der Waals surface area (Å²) >= 11 is 0. The number of carboxylic acid groups (broad SMARTS) is 1. The molecule has 0 aliphatic heterocycles. The van der Waals surface area contributed by atoms with Crippen LogP contribution in [0.5, 0.6) is 0 Å². The van der Waals surface area contributed by atoms with E-state index in [1.54, 1.807) is 0 Å². The summed E-state index contributed by atoms with van der Waals surface area (Å²) in [5, 5.41) is 10.9. The molecule has 2 N–H and O–H groups in total. The van der Waals surface area contributed by atoms with Gasteiger partial charge in [0.05, 0.1) is 30.2 Å². The van der Waals surface area contributed by atoms with Gasteiger partial charge >= 0.3 is 11.9 Å². The third-order valence-electron chi connectivity index (χ3n) is 3.16. The van der Waals surface area contributed by atoms with E-state index >= 15 is 0 Å². The van der Waals surface area contributed by atoms with Crippen LogP contribution in [-0.2, 0) is 14.3 Å². The van der Waals surface area contributed by atoms with Crippen LogP contribution in [0.25, 0.3) is 0 Å². The Morgan fingerprint density at radius 2 is 1.90 bits per heavy atom. The smallest absolute Gasteiger partial charge is 0.340 e. The lowest BCUT2D eigenvalue weighted by Gasteiger charge is -2.08. The van der Waals surface area contributed by atoms with Gasteiger partial charge in [-0.1, -0.05) is 0 Å². The number of hydrogen-bond donors (Lipinski definition) is 2. The summed E-state index contributed by atoms with van der Waals surface area (Å²) in [5.41, 5.74) is -0.933. The molecule has 1 amide bonds. The molecule has 1 aromatic carbocycles. The van der Waals surface area contributed by atoms with E-state index in [1.807, 2.05) is 0 Å². The van der Waals surface area contributed by atoms with Crippen molar-refractivity contribution in [2.75, 3.05) is 12.4 Å². The molecule has 2 rings (SSSR count). The zero-order valence-corrected chi connectivity index (χ0v) is 10.9. The van der Waals surface area contributed by atoms with Crippen molar-refractivity contribution in [1.29, 1.82) is 0 Å². The fourth-order valence-electron chi connectivity index (χ4n) is 1.89. The Morgan fingerprint density at radius 1 is 1.24 bits per heavy atom. The number of nitrogens with one attached hydrogen (secondary N) is 1. The number of halogens is 2. The summed E-state index contributed by atoms with van der Waals surface area (Å²) in [5.74, 6) is -6.55. The van der Waals surface area contributed by atoms with Crippen LogP contribution in [0.3, 0.4) is 0 Å². The SMILES string of the molecule is COC(=O)c1cc(NC(=O)[C@@H]2C[C@@H]2C(=O)O)c(F)cc1F. The fraction of sp³-hybridized carbons (Fsp3) is 0.308. The molecule has 1 aliphatic rings. The summed E-state index contributed by atoms with van der Waals surface area (Å²) in [6.07, 6.45) is 0.161. The molecule has 0 heterocycles. The number of aliphatic carboxylic acids is 1. The largest absolute Gasteiger partial charge is 0.481 e. The number of carboxylic acids is 1. The third kappa shape index (κ3) is 2.99. The zero-order valence-electron chi connectivity index (χ0n) is 10.9. The minimum absolute atomic E-state index is 0.161. The van der Waals surface area contributed by atoms with Crippen molar-refractivity contribution in [2.45, 2.75) is 6.42 Å². The van der Waals surface area contributed by atoms with E-state index in [2.05, 4.69) is 10.1 Å². The summed E-state index contributed by atoms with van der Waals surface area (Å²) in [4.78, 5) is 33.7. The second-order valence-electron chi connectivity index (χ2n) is 4.58. The van der Waals surface area contributed by atoms with Gasteiger partial charge in [-0.05, 0) is 12.5 Å². The van der Waals surface area contributed by atoms with Gasteiger partial charge in [0.15, 0.2) is 0 Å². The molecule has 0 aromatic heterocycles. The van der Waals surface area contributed by atoms with Crippen molar-refractivity contribution < 1.29 is 33.0 Å². The number of ether oxygens (including phenoxy) is 1. The summed E-state index contributed by atoms with van der Waals surface area (Å²) < 4.78 is 31.3.